The molecule has 1 aliphatic carbocycles. The van der Waals surface area contributed by atoms with Gasteiger partial charge in [0.05, 0.1) is 36.5 Å². The largest absolute Gasteiger partial charge is 0.394 e. The van der Waals surface area contributed by atoms with Gasteiger partial charge in [-0.3, -0.25) is 0 Å². The van der Waals surface area contributed by atoms with Gasteiger partial charge in [-0.2, -0.15) is 0 Å². The van der Waals surface area contributed by atoms with Crippen LogP contribution in [-0.2, 0) is 12.1 Å². The first-order chi connectivity index (χ1) is 13.9. The van der Waals surface area contributed by atoms with Gasteiger partial charge in [0.25, 0.3) is 0 Å². The zero-order valence-electron chi connectivity index (χ0n) is 16.7. The summed E-state index contributed by atoms with van der Waals surface area (Å²) in [5, 5.41) is 25.4. The Bertz CT molecular complexity index is 883. The third kappa shape index (κ3) is 3.77. The number of anilines is 1. The van der Waals surface area contributed by atoms with E-state index in [4.69, 9.17) is 0 Å². The molecule has 2 aromatic rings. The maximum atomic E-state index is 13.0. The molecule has 1 aromatic heterocycles. The average Bonchev–Trinajstić information content (AvgIpc) is 2.96. The lowest BCUT2D eigenvalue weighted by atomic mass is 9.90. The van der Waals surface area contributed by atoms with E-state index >= 15 is 0 Å². The molecule has 0 saturated heterocycles. The van der Waals surface area contributed by atoms with Gasteiger partial charge in [-0.25, -0.2) is 14.8 Å². The molecule has 0 unspecified atom stereocenters. The van der Waals surface area contributed by atoms with Gasteiger partial charge < -0.3 is 25.7 Å². The summed E-state index contributed by atoms with van der Waals surface area (Å²) in [4.78, 5) is 23.8. The highest BCUT2D eigenvalue weighted by Gasteiger charge is 2.42. The quantitative estimate of drug-likeness (QED) is 0.613. The molecule has 0 bridgehead atoms. The Hall–Kier alpha value is -2.71. The van der Waals surface area contributed by atoms with Gasteiger partial charge >= 0.3 is 6.03 Å². The molecule has 4 rings (SSSR count). The van der Waals surface area contributed by atoms with Crippen molar-refractivity contribution in [2.24, 2.45) is 0 Å². The van der Waals surface area contributed by atoms with E-state index in [1.54, 1.807) is 11.1 Å². The Morgan fingerprint density at radius 2 is 2.03 bits per heavy atom. The second-order valence-electron chi connectivity index (χ2n) is 8.26. The fourth-order valence-electron chi connectivity index (χ4n) is 3.97. The Balaban J connectivity index is 1.48. The van der Waals surface area contributed by atoms with Crippen LogP contribution in [0.15, 0.2) is 36.5 Å². The number of carbonyl (C=O) groups is 1. The fraction of sp³-hybridized carbons (Fsp3) is 0.476. The average molecular weight is 397 g/mol. The monoisotopic (exact) mass is 397 g/mol. The van der Waals surface area contributed by atoms with E-state index in [0.29, 0.717) is 25.3 Å². The van der Waals surface area contributed by atoms with Crippen molar-refractivity contribution in [1.82, 2.24) is 20.2 Å². The molecule has 0 radical (unpaired) electrons. The summed E-state index contributed by atoms with van der Waals surface area (Å²) >= 11 is 0. The van der Waals surface area contributed by atoms with Crippen LogP contribution in [0, 0.1) is 0 Å². The lowest BCUT2D eigenvalue weighted by Crippen LogP contribution is -2.47. The number of carbonyl (C=O) groups excluding carboxylic acids is 1. The number of fused-ring (bicyclic) bond motifs is 1. The molecular formula is C21H27N5O3. The van der Waals surface area contributed by atoms with Crippen LogP contribution in [0.3, 0.4) is 0 Å². The van der Waals surface area contributed by atoms with Gasteiger partial charge in [0.1, 0.15) is 0 Å². The van der Waals surface area contributed by atoms with E-state index in [2.05, 4.69) is 20.6 Å². The number of amides is 2. The minimum Gasteiger partial charge on any atom is -0.394 e. The van der Waals surface area contributed by atoms with Crippen molar-refractivity contribution in [3.05, 3.63) is 53.3 Å². The predicted octanol–water partition coefficient (Wildman–Crippen LogP) is 1.91. The number of nitrogens with zero attached hydrogens (tertiary/aromatic N) is 3. The summed E-state index contributed by atoms with van der Waals surface area (Å²) in [5.74, 6) is 0.524. The van der Waals surface area contributed by atoms with Crippen LogP contribution in [0.5, 0.6) is 0 Å². The topological polar surface area (TPSA) is 111 Å². The number of aromatic nitrogens is 2. The lowest BCUT2D eigenvalue weighted by Gasteiger charge is -2.33. The molecule has 1 saturated carbocycles. The van der Waals surface area contributed by atoms with Crippen molar-refractivity contribution >= 4 is 12.0 Å². The number of benzene rings is 1. The second-order valence-corrected chi connectivity index (χ2v) is 8.26. The Kier molecular flexibility index (Phi) is 5.14. The van der Waals surface area contributed by atoms with Crippen molar-refractivity contribution in [3.63, 3.8) is 0 Å². The van der Waals surface area contributed by atoms with Crippen LogP contribution in [0.2, 0.25) is 0 Å². The molecule has 0 spiro atoms. The summed E-state index contributed by atoms with van der Waals surface area (Å²) < 4.78 is 0. The van der Waals surface area contributed by atoms with Crippen molar-refractivity contribution in [1.29, 1.82) is 0 Å². The highest BCUT2D eigenvalue weighted by Crippen LogP contribution is 2.38. The zero-order chi connectivity index (χ0) is 20.6. The summed E-state index contributed by atoms with van der Waals surface area (Å²) in [6.07, 6.45) is 2.92. The molecule has 1 fully saturated rings. The van der Waals surface area contributed by atoms with E-state index in [9.17, 15) is 15.0 Å². The van der Waals surface area contributed by atoms with Gasteiger partial charge in [-0.1, -0.05) is 30.3 Å². The molecular weight excluding hydrogens is 370 g/mol. The van der Waals surface area contributed by atoms with Gasteiger partial charge in [-0.05, 0) is 32.3 Å². The van der Waals surface area contributed by atoms with E-state index < -0.39 is 11.6 Å². The number of hydrogen-bond donors (Lipinski definition) is 4. The van der Waals surface area contributed by atoms with Crippen molar-refractivity contribution < 1.29 is 15.0 Å². The van der Waals surface area contributed by atoms with Crippen LogP contribution in [0.4, 0.5) is 10.7 Å². The summed E-state index contributed by atoms with van der Waals surface area (Å²) in [7, 11) is 0. The van der Waals surface area contributed by atoms with Crippen LogP contribution in [0.1, 0.15) is 49.6 Å². The normalized spacial score (nSPS) is 23.1. The van der Waals surface area contributed by atoms with Gasteiger partial charge in [0.2, 0.25) is 5.95 Å². The molecule has 8 nitrogen and oxygen atoms in total. The highest BCUT2D eigenvalue weighted by molar-refractivity contribution is 5.77. The number of urea groups is 1. The minimum atomic E-state index is -0.568. The maximum absolute atomic E-state index is 13.0. The van der Waals surface area contributed by atoms with E-state index in [1.165, 1.54) is 0 Å². The minimum absolute atomic E-state index is 0.182. The summed E-state index contributed by atoms with van der Waals surface area (Å²) in [6.45, 7) is 4.12. The van der Waals surface area contributed by atoms with Crippen molar-refractivity contribution in [3.8, 4) is 0 Å². The fourth-order valence-corrected chi connectivity index (χ4v) is 3.97. The summed E-state index contributed by atoms with van der Waals surface area (Å²) in [5.41, 5.74) is 2.00. The molecule has 4 N–H and O–H groups in total. The molecule has 1 atom stereocenters. The third-order valence-electron chi connectivity index (χ3n) is 5.88. The number of aliphatic hydroxyl groups is 2. The molecule has 2 heterocycles. The van der Waals surface area contributed by atoms with Crippen LogP contribution >= 0.6 is 0 Å². The smallest absolute Gasteiger partial charge is 0.319 e. The first-order valence-electron chi connectivity index (χ1n) is 9.93. The summed E-state index contributed by atoms with van der Waals surface area (Å²) in [6, 6.07) is 8.87. The van der Waals surface area contributed by atoms with Gasteiger partial charge in [0, 0.05) is 17.8 Å². The van der Waals surface area contributed by atoms with Crippen molar-refractivity contribution in [2.45, 2.75) is 57.0 Å². The highest BCUT2D eigenvalue weighted by atomic mass is 16.3. The van der Waals surface area contributed by atoms with E-state index in [0.717, 1.165) is 16.8 Å². The molecule has 2 amide bonds. The van der Waals surface area contributed by atoms with Crippen LogP contribution < -0.4 is 10.6 Å². The third-order valence-corrected chi connectivity index (χ3v) is 5.88. The number of hydrogen-bond acceptors (Lipinski definition) is 6. The standard InChI is InChI=1S/C21H27N5O3/c1-21(2)16-10-22-19(23-14-8-15(28)9-14)24-17(16)11-26(21)20(29)25-18(12-27)13-6-4-3-5-7-13/h3-7,10,14-15,18,27-28H,8-9,11-12H2,1-2H3,(H,25,29)(H,22,23,24)/t14?,15?,18-/m1/s1. The zero-order valence-corrected chi connectivity index (χ0v) is 16.7. The number of nitrogens with one attached hydrogen (secondary N) is 2. The Labute approximate surface area is 170 Å². The van der Waals surface area contributed by atoms with E-state index in [1.807, 2.05) is 44.2 Å². The first kappa shape index (κ1) is 19.6. The number of rotatable bonds is 5. The molecule has 8 heteroatoms. The van der Waals surface area contributed by atoms with Gasteiger partial charge in [-0.15, -0.1) is 0 Å². The van der Waals surface area contributed by atoms with Crippen LogP contribution in [0.25, 0.3) is 0 Å². The van der Waals surface area contributed by atoms with Gasteiger partial charge in [0.15, 0.2) is 0 Å². The molecule has 1 aliphatic heterocycles. The lowest BCUT2D eigenvalue weighted by molar-refractivity contribution is 0.0834. The SMILES string of the molecule is CC1(C)c2cnc(NC3CC(O)C3)nc2CN1C(=O)N[C@H](CO)c1ccccc1. The molecule has 1 aromatic carbocycles. The van der Waals surface area contributed by atoms with Crippen molar-refractivity contribution in [2.75, 3.05) is 11.9 Å². The Morgan fingerprint density at radius 1 is 1.31 bits per heavy atom. The molecule has 2 aliphatic rings. The second kappa shape index (κ2) is 7.61. The predicted molar refractivity (Wildman–Crippen MR) is 108 cm³/mol. The molecule has 154 valence electrons. The maximum Gasteiger partial charge on any atom is 0.319 e. The Morgan fingerprint density at radius 3 is 2.69 bits per heavy atom. The molecule has 29 heavy (non-hydrogen) atoms. The number of aliphatic hydroxyl groups excluding tert-OH is 2. The van der Waals surface area contributed by atoms with E-state index in [-0.39, 0.29) is 24.8 Å². The van der Waals surface area contributed by atoms with Crippen LogP contribution in [-0.4, -0.2) is 49.9 Å². The first-order valence-corrected chi connectivity index (χ1v) is 9.93.